The molecule has 64 heavy (non-hydrogen) atoms. The number of unbranched alkanes of at least 4 members (excludes halogenated alkanes) is 35. The van der Waals surface area contributed by atoms with Crippen molar-refractivity contribution in [1.29, 1.82) is 0 Å². The number of carbonyl (C=O) groups excluding carboxylic acids is 2. The smallest absolute Gasteiger partial charge is 0.305 e. The van der Waals surface area contributed by atoms with Gasteiger partial charge in [0, 0.05) is 12.8 Å². The molecule has 2 atom stereocenters. The van der Waals surface area contributed by atoms with Crippen LogP contribution in [-0.4, -0.2) is 47.4 Å². The van der Waals surface area contributed by atoms with Gasteiger partial charge < -0.3 is 20.3 Å². The number of hydrogen-bond donors (Lipinski definition) is 3. The Balaban J connectivity index is 3.57. The lowest BCUT2D eigenvalue weighted by molar-refractivity contribution is -0.143. The molecule has 0 saturated carbocycles. The fourth-order valence-corrected chi connectivity index (χ4v) is 8.26. The van der Waals surface area contributed by atoms with Gasteiger partial charge >= 0.3 is 5.97 Å². The van der Waals surface area contributed by atoms with Crippen molar-refractivity contribution in [2.45, 2.75) is 296 Å². The monoisotopic (exact) mass is 898 g/mol. The normalized spacial score (nSPS) is 13.0. The van der Waals surface area contributed by atoms with E-state index >= 15 is 0 Å². The van der Waals surface area contributed by atoms with Crippen molar-refractivity contribution in [3.05, 3.63) is 48.6 Å². The molecule has 0 heterocycles. The fraction of sp³-hybridized carbons (Fsp3) is 0.828. The van der Waals surface area contributed by atoms with Crippen LogP contribution in [0.1, 0.15) is 284 Å². The highest BCUT2D eigenvalue weighted by Gasteiger charge is 2.18. The van der Waals surface area contributed by atoms with Gasteiger partial charge in [0.1, 0.15) is 0 Å². The van der Waals surface area contributed by atoms with Crippen LogP contribution in [0.3, 0.4) is 0 Å². The van der Waals surface area contributed by atoms with E-state index in [9.17, 15) is 19.8 Å². The van der Waals surface area contributed by atoms with Gasteiger partial charge in [0.25, 0.3) is 0 Å². The minimum atomic E-state index is -0.860. The third-order valence-corrected chi connectivity index (χ3v) is 12.6. The van der Waals surface area contributed by atoms with Crippen LogP contribution < -0.4 is 5.32 Å². The first-order valence-electron chi connectivity index (χ1n) is 27.9. The van der Waals surface area contributed by atoms with Crippen LogP contribution in [-0.2, 0) is 14.3 Å². The molecule has 0 radical (unpaired) electrons. The Morgan fingerprint density at radius 2 is 0.781 bits per heavy atom. The molecule has 0 spiro atoms. The second kappa shape index (κ2) is 53.4. The third-order valence-electron chi connectivity index (χ3n) is 12.6. The van der Waals surface area contributed by atoms with Crippen LogP contribution in [0.5, 0.6) is 0 Å². The molecule has 1 amide bonds. The average molecular weight is 898 g/mol. The zero-order chi connectivity index (χ0) is 46.5. The summed E-state index contributed by atoms with van der Waals surface area (Å²) in [6.45, 7) is 4.83. The maximum atomic E-state index is 12.5. The highest BCUT2D eigenvalue weighted by molar-refractivity contribution is 5.76. The molecular formula is C58H107NO5. The zero-order valence-electron chi connectivity index (χ0n) is 42.5. The minimum Gasteiger partial charge on any atom is -0.466 e. The molecule has 0 aliphatic rings. The van der Waals surface area contributed by atoms with Crippen molar-refractivity contribution >= 4 is 11.9 Å². The lowest BCUT2D eigenvalue weighted by Crippen LogP contribution is -2.45. The lowest BCUT2D eigenvalue weighted by atomic mass is 10.0. The average Bonchev–Trinajstić information content (AvgIpc) is 3.29. The molecule has 2 unspecified atom stereocenters. The molecule has 3 N–H and O–H groups in total. The van der Waals surface area contributed by atoms with Gasteiger partial charge in [-0.1, -0.05) is 229 Å². The van der Waals surface area contributed by atoms with Crippen molar-refractivity contribution in [1.82, 2.24) is 5.32 Å². The fourth-order valence-electron chi connectivity index (χ4n) is 8.26. The quantitative estimate of drug-likeness (QED) is 0.0245. The first-order chi connectivity index (χ1) is 31.5. The number of carbonyl (C=O) groups is 2. The molecule has 0 aromatic carbocycles. The van der Waals surface area contributed by atoms with Gasteiger partial charge in [0.15, 0.2) is 0 Å². The molecule has 6 nitrogen and oxygen atoms in total. The number of aliphatic hydroxyl groups is 2. The maximum Gasteiger partial charge on any atom is 0.305 e. The number of ether oxygens (including phenoxy) is 1. The van der Waals surface area contributed by atoms with E-state index in [1.54, 1.807) is 6.08 Å². The molecule has 0 saturated heterocycles. The van der Waals surface area contributed by atoms with Gasteiger partial charge in [-0.05, 0) is 89.9 Å². The van der Waals surface area contributed by atoms with Crippen LogP contribution in [0, 0.1) is 0 Å². The summed E-state index contributed by atoms with van der Waals surface area (Å²) in [4.78, 5) is 24.5. The predicted molar refractivity (Wildman–Crippen MR) is 278 cm³/mol. The Bertz CT molecular complexity index is 1080. The molecule has 374 valence electrons. The molecule has 0 aliphatic heterocycles. The summed E-state index contributed by atoms with van der Waals surface area (Å²) in [5.74, 6) is -0.122. The number of hydrogen-bond acceptors (Lipinski definition) is 5. The number of allylic oxidation sites excluding steroid dienone is 7. The second-order valence-electron chi connectivity index (χ2n) is 18.9. The van der Waals surface area contributed by atoms with Crippen LogP contribution >= 0.6 is 0 Å². The molecular weight excluding hydrogens is 791 g/mol. The molecule has 0 aromatic heterocycles. The second-order valence-corrected chi connectivity index (χ2v) is 18.9. The van der Waals surface area contributed by atoms with Crippen molar-refractivity contribution in [3.8, 4) is 0 Å². The SMILES string of the molecule is CCCCCCC/C=C\CCCCCCCC(=O)OCCCCC/C=C\C=C/CCCCCCCCC(=O)NC(CO)C(O)/C=C/CCCCCCCCCCCCCCCCCC. The van der Waals surface area contributed by atoms with Crippen LogP contribution in [0.2, 0.25) is 0 Å². The number of nitrogens with one attached hydrogen (secondary N) is 1. The Morgan fingerprint density at radius 3 is 1.20 bits per heavy atom. The van der Waals surface area contributed by atoms with E-state index in [-0.39, 0.29) is 18.5 Å². The first kappa shape index (κ1) is 61.8. The molecule has 0 aliphatic carbocycles. The van der Waals surface area contributed by atoms with Crippen molar-refractivity contribution < 1.29 is 24.5 Å². The Hall–Kier alpha value is -2.18. The standard InChI is InChI=1S/C58H107NO5/c1-3-5-7-9-11-13-15-17-19-20-21-23-26-30-34-38-42-46-50-56(61)55(54-60)59-57(62)51-47-43-39-35-31-27-24-22-25-29-33-37-41-45-49-53-64-58(63)52-48-44-40-36-32-28-18-16-14-12-10-8-6-4-2/h16,18,22,25,29,33,46,50,55-56,60-61H,3-15,17,19-21,23-24,26-28,30-32,34-45,47-49,51-54H2,1-2H3,(H,59,62)/b18-16-,25-22-,33-29-,50-46+. The van der Waals surface area contributed by atoms with Gasteiger partial charge in [-0.15, -0.1) is 0 Å². The van der Waals surface area contributed by atoms with E-state index in [1.807, 2.05) is 6.08 Å². The summed E-state index contributed by atoms with van der Waals surface area (Å²) in [5, 5.41) is 23.1. The van der Waals surface area contributed by atoms with E-state index in [0.717, 1.165) is 77.0 Å². The lowest BCUT2D eigenvalue weighted by Gasteiger charge is -2.20. The van der Waals surface area contributed by atoms with Crippen LogP contribution in [0.25, 0.3) is 0 Å². The van der Waals surface area contributed by atoms with Crippen LogP contribution in [0.4, 0.5) is 0 Å². The number of amides is 1. The first-order valence-corrected chi connectivity index (χ1v) is 27.9. The van der Waals surface area contributed by atoms with Crippen LogP contribution in [0.15, 0.2) is 48.6 Å². The number of esters is 1. The highest BCUT2D eigenvalue weighted by atomic mass is 16.5. The number of aliphatic hydroxyl groups excluding tert-OH is 2. The van der Waals surface area contributed by atoms with E-state index < -0.39 is 12.1 Å². The van der Waals surface area contributed by atoms with Gasteiger partial charge in [-0.2, -0.15) is 0 Å². The molecule has 0 aromatic rings. The Kier molecular flexibility index (Phi) is 51.6. The summed E-state index contributed by atoms with van der Waals surface area (Å²) in [7, 11) is 0. The summed E-state index contributed by atoms with van der Waals surface area (Å²) >= 11 is 0. The molecule has 6 heteroatoms. The molecule has 0 fully saturated rings. The van der Waals surface area contributed by atoms with Crippen molar-refractivity contribution in [2.24, 2.45) is 0 Å². The van der Waals surface area contributed by atoms with Crippen molar-refractivity contribution in [3.63, 3.8) is 0 Å². The maximum absolute atomic E-state index is 12.5. The van der Waals surface area contributed by atoms with E-state index in [1.165, 1.54) is 180 Å². The largest absolute Gasteiger partial charge is 0.466 e. The Morgan fingerprint density at radius 1 is 0.438 bits per heavy atom. The summed E-state index contributed by atoms with van der Waals surface area (Å²) in [5.41, 5.74) is 0. The van der Waals surface area contributed by atoms with Gasteiger partial charge in [-0.3, -0.25) is 9.59 Å². The predicted octanol–water partition coefficient (Wildman–Crippen LogP) is 17.0. The summed E-state index contributed by atoms with van der Waals surface area (Å²) < 4.78 is 5.44. The van der Waals surface area contributed by atoms with E-state index in [4.69, 9.17) is 4.74 Å². The topological polar surface area (TPSA) is 95.9 Å². The third kappa shape index (κ3) is 49.3. The van der Waals surface area contributed by atoms with Gasteiger partial charge in [0.05, 0.1) is 25.4 Å². The Labute approximate surface area is 397 Å². The highest BCUT2D eigenvalue weighted by Crippen LogP contribution is 2.15. The number of rotatable bonds is 51. The van der Waals surface area contributed by atoms with E-state index in [2.05, 4.69) is 55.6 Å². The molecule has 0 bridgehead atoms. The molecule has 0 rings (SSSR count). The van der Waals surface area contributed by atoms with E-state index in [0.29, 0.717) is 19.4 Å². The summed E-state index contributed by atoms with van der Waals surface area (Å²) in [6.07, 6.45) is 66.9. The minimum absolute atomic E-state index is 0.0318. The zero-order valence-corrected chi connectivity index (χ0v) is 42.5. The van der Waals surface area contributed by atoms with Gasteiger partial charge in [-0.25, -0.2) is 0 Å². The summed E-state index contributed by atoms with van der Waals surface area (Å²) in [6, 6.07) is -0.646. The van der Waals surface area contributed by atoms with Crippen molar-refractivity contribution in [2.75, 3.05) is 13.2 Å². The van der Waals surface area contributed by atoms with Gasteiger partial charge in [0.2, 0.25) is 5.91 Å².